The summed E-state index contributed by atoms with van der Waals surface area (Å²) in [6, 6.07) is 0. The molecule has 25 heteroatoms. The van der Waals surface area contributed by atoms with Crippen molar-refractivity contribution in [3.8, 4) is 0 Å². The van der Waals surface area contributed by atoms with Gasteiger partial charge in [-0.05, 0) is 51.4 Å². The summed E-state index contributed by atoms with van der Waals surface area (Å²) in [6.07, 6.45) is 19.9. The molecule has 18 unspecified atom stereocenters. The molecular formula is C75H135O24P. The minimum absolute atomic E-state index is 0.00415. The van der Waals surface area contributed by atoms with Gasteiger partial charge in [0.05, 0.1) is 13.2 Å². The molecule has 11 N–H and O–H groups in total. The summed E-state index contributed by atoms with van der Waals surface area (Å²) in [5.74, 6) is -2.26. The maximum atomic E-state index is 14.3. The number of carbonyl (C=O) groups excluding carboxylic acids is 3. The first kappa shape index (κ1) is 91.4. The number of aliphatic hydroxyl groups excluding tert-OH is 10. The monoisotopic (exact) mass is 1450 g/mol. The van der Waals surface area contributed by atoms with Crippen molar-refractivity contribution in [2.24, 2.45) is 0 Å². The zero-order valence-corrected chi connectivity index (χ0v) is 61.9. The van der Waals surface area contributed by atoms with Crippen molar-refractivity contribution in [3.05, 3.63) is 36.5 Å². The standard InChI is InChI=1S/C75H135O24P/c1-4-7-10-13-16-19-22-25-27-28-30-32-35-37-40-43-46-49-59(77)91-53-56(94-61(79)51-48-45-42-39-36-33-29-26-23-20-17-14-11-8-5-2)54-93-100(89,90)99-73-71(97-74-69(87)64(82)62(80)57(52-76)95-74)67(85)66(84)68(86)72(73)98-75-70(88)65(83)63(81)58(96-75)55-92-60(78)50-47-44-41-38-34-31-24-21-18-15-12-9-6-3/h31,34,42,45,48,51,56-58,62-76,80-88H,4-30,32-33,35-41,43-44,46-47,49-50,52-55H2,1-3H3,(H,89,90)/b34-31-,45-42+,51-48+. The molecule has 3 rings (SSSR count). The van der Waals surface area contributed by atoms with Crippen LogP contribution >= 0.6 is 7.82 Å². The average molecular weight is 1450 g/mol. The molecule has 100 heavy (non-hydrogen) atoms. The molecule has 0 aromatic rings. The number of allylic oxidation sites excluding steroid dienone is 5. The second-order valence-electron chi connectivity index (χ2n) is 27.8. The van der Waals surface area contributed by atoms with E-state index in [0.29, 0.717) is 12.8 Å². The highest BCUT2D eigenvalue weighted by atomic mass is 31.2. The van der Waals surface area contributed by atoms with Gasteiger partial charge in [0.15, 0.2) is 18.7 Å². The van der Waals surface area contributed by atoms with Crippen molar-refractivity contribution < 1.29 is 117 Å². The number of esters is 3. The van der Waals surface area contributed by atoms with Crippen LogP contribution in [0.3, 0.4) is 0 Å². The normalized spacial score (nSPS) is 27.5. The van der Waals surface area contributed by atoms with Gasteiger partial charge in [-0.15, -0.1) is 0 Å². The van der Waals surface area contributed by atoms with Crippen LogP contribution in [0.1, 0.15) is 290 Å². The van der Waals surface area contributed by atoms with Gasteiger partial charge in [0.25, 0.3) is 0 Å². The minimum atomic E-state index is -5.73. The maximum absolute atomic E-state index is 14.3. The zero-order chi connectivity index (χ0) is 73.2. The molecule has 2 aliphatic heterocycles. The predicted octanol–water partition coefficient (Wildman–Crippen LogP) is 11.1. The second kappa shape index (κ2) is 56.5. The van der Waals surface area contributed by atoms with Crippen LogP contribution in [0.5, 0.6) is 0 Å². The number of phosphoric ester groups is 1. The minimum Gasteiger partial charge on any atom is -0.463 e. The lowest BCUT2D eigenvalue weighted by Crippen LogP contribution is -2.69. The topological polar surface area (TPSA) is 374 Å². The fourth-order valence-electron chi connectivity index (χ4n) is 12.7. The van der Waals surface area contributed by atoms with E-state index in [1.54, 1.807) is 6.08 Å². The number of rotatable bonds is 60. The summed E-state index contributed by atoms with van der Waals surface area (Å²) in [7, 11) is -5.73. The molecule has 0 spiro atoms. The van der Waals surface area contributed by atoms with Gasteiger partial charge >= 0.3 is 25.7 Å². The Labute approximate surface area is 597 Å². The summed E-state index contributed by atoms with van der Waals surface area (Å²) < 4.78 is 64.8. The Hall–Kier alpha value is -2.82. The summed E-state index contributed by atoms with van der Waals surface area (Å²) in [4.78, 5) is 50.9. The van der Waals surface area contributed by atoms with Crippen LogP contribution in [0.2, 0.25) is 0 Å². The molecule has 2 heterocycles. The molecule has 1 saturated carbocycles. The molecule has 2 saturated heterocycles. The van der Waals surface area contributed by atoms with Gasteiger partial charge in [0, 0.05) is 18.9 Å². The third-order valence-corrected chi connectivity index (χ3v) is 20.0. The first-order valence-corrected chi connectivity index (χ1v) is 40.3. The zero-order valence-electron chi connectivity index (χ0n) is 61.0. The lowest BCUT2D eigenvalue weighted by Gasteiger charge is -2.49. The van der Waals surface area contributed by atoms with E-state index in [9.17, 15) is 74.9 Å². The van der Waals surface area contributed by atoms with E-state index >= 15 is 0 Å². The molecule has 18 atom stereocenters. The third-order valence-electron chi connectivity index (χ3n) is 19.0. The number of hydrogen-bond donors (Lipinski definition) is 11. The highest BCUT2D eigenvalue weighted by molar-refractivity contribution is 7.47. The van der Waals surface area contributed by atoms with Crippen LogP contribution < -0.4 is 0 Å². The van der Waals surface area contributed by atoms with E-state index in [1.165, 1.54) is 160 Å². The van der Waals surface area contributed by atoms with Gasteiger partial charge in [0.1, 0.15) is 98.7 Å². The van der Waals surface area contributed by atoms with Crippen LogP contribution in [0, 0.1) is 0 Å². The van der Waals surface area contributed by atoms with Gasteiger partial charge < -0.3 is 89.1 Å². The van der Waals surface area contributed by atoms with Crippen LogP contribution in [0.25, 0.3) is 0 Å². The van der Waals surface area contributed by atoms with Gasteiger partial charge in [-0.1, -0.05) is 257 Å². The number of aliphatic hydroxyl groups is 10. The van der Waals surface area contributed by atoms with Crippen molar-refractivity contribution >= 4 is 25.7 Å². The van der Waals surface area contributed by atoms with Gasteiger partial charge in [0.2, 0.25) is 0 Å². The SMILES string of the molecule is CCCCCCCC/C=C\CCCCCC(=O)OCC1OC(OC2C(O)C(O)C(O)C(OC3OC(CO)C(O)C(O)C3O)C2OP(=O)(O)OCC(COC(=O)CCCCCCCCCCCCCCCCCCC)OC(=O)/C=C/C=C/CCCCCCCCCCCCC)C(O)C(O)C1O. The number of carbonyl (C=O) groups is 3. The molecule has 3 aliphatic rings. The van der Waals surface area contributed by atoms with Crippen LogP contribution in [0.15, 0.2) is 36.5 Å². The summed E-state index contributed by atoms with van der Waals surface area (Å²) in [5, 5.41) is 110. The summed E-state index contributed by atoms with van der Waals surface area (Å²) in [5.41, 5.74) is 0. The summed E-state index contributed by atoms with van der Waals surface area (Å²) >= 11 is 0. The Morgan fingerprint density at radius 3 is 1.20 bits per heavy atom. The smallest absolute Gasteiger partial charge is 0.463 e. The van der Waals surface area contributed by atoms with Crippen molar-refractivity contribution in [1.82, 2.24) is 0 Å². The number of unbranched alkanes of at least 4 members (excludes halogenated alkanes) is 36. The fourth-order valence-corrected chi connectivity index (χ4v) is 13.6. The highest BCUT2D eigenvalue weighted by Crippen LogP contribution is 2.49. The Balaban J connectivity index is 1.74. The van der Waals surface area contributed by atoms with E-state index < -0.39 is 156 Å². The van der Waals surface area contributed by atoms with Crippen molar-refractivity contribution in [2.45, 2.75) is 395 Å². The van der Waals surface area contributed by atoms with Gasteiger partial charge in [-0.3, -0.25) is 18.6 Å². The van der Waals surface area contributed by atoms with E-state index in [-0.39, 0.29) is 12.8 Å². The lowest BCUT2D eigenvalue weighted by molar-refractivity contribution is -0.360. The summed E-state index contributed by atoms with van der Waals surface area (Å²) in [6.45, 7) is 3.33. The number of ether oxygens (including phenoxy) is 7. The number of hydrogen-bond acceptors (Lipinski definition) is 23. The second-order valence-corrected chi connectivity index (χ2v) is 29.2. The van der Waals surface area contributed by atoms with E-state index in [4.69, 9.17) is 42.2 Å². The van der Waals surface area contributed by atoms with Crippen LogP contribution in [-0.2, 0) is 61.2 Å². The van der Waals surface area contributed by atoms with Crippen molar-refractivity contribution in [2.75, 3.05) is 26.4 Å². The predicted molar refractivity (Wildman–Crippen MR) is 379 cm³/mol. The molecule has 24 nitrogen and oxygen atoms in total. The first-order valence-electron chi connectivity index (χ1n) is 38.8. The Bertz CT molecular complexity index is 2210. The molecule has 584 valence electrons. The van der Waals surface area contributed by atoms with E-state index in [1.807, 2.05) is 6.08 Å². The third kappa shape index (κ3) is 39.0. The Morgan fingerprint density at radius 2 is 0.770 bits per heavy atom. The Kier molecular flexibility index (Phi) is 51.6. The van der Waals surface area contributed by atoms with Crippen LogP contribution in [0.4, 0.5) is 0 Å². The lowest BCUT2D eigenvalue weighted by atomic mass is 9.84. The van der Waals surface area contributed by atoms with E-state index in [2.05, 4.69) is 32.9 Å². The molecule has 1 aliphatic carbocycles. The average Bonchev–Trinajstić information content (AvgIpc) is 0.762. The largest absolute Gasteiger partial charge is 0.472 e. The molecule has 0 amide bonds. The molecule has 0 aromatic heterocycles. The van der Waals surface area contributed by atoms with Gasteiger partial charge in [-0.25, -0.2) is 9.36 Å². The van der Waals surface area contributed by atoms with E-state index in [0.717, 1.165) is 96.0 Å². The van der Waals surface area contributed by atoms with Crippen molar-refractivity contribution in [3.63, 3.8) is 0 Å². The van der Waals surface area contributed by atoms with Crippen LogP contribution in [-0.4, -0.2) is 204 Å². The van der Waals surface area contributed by atoms with Crippen molar-refractivity contribution in [1.29, 1.82) is 0 Å². The van der Waals surface area contributed by atoms with Gasteiger partial charge in [-0.2, -0.15) is 0 Å². The highest BCUT2D eigenvalue weighted by Gasteiger charge is 2.58. The molecule has 0 radical (unpaired) electrons. The molecular weight excluding hydrogens is 1320 g/mol. The molecule has 3 fully saturated rings. The molecule has 0 bridgehead atoms. The quantitative estimate of drug-likeness (QED) is 0.00512. The molecule has 0 aromatic carbocycles. The Morgan fingerprint density at radius 1 is 0.410 bits per heavy atom. The number of phosphoric acid groups is 1. The fraction of sp³-hybridized carbons (Fsp3) is 0.880. The maximum Gasteiger partial charge on any atom is 0.472 e. The first-order chi connectivity index (χ1) is 48.3.